The number of fused-ring (bicyclic) bond motifs is 1. The average molecular weight is 536 g/mol. The Morgan fingerprint density at radius 3 is 2.43 bits per heavy atom. The van der Waals surface area contributed by atoms with Gasteiger partial charge < -0.3 is 36.4 Å². The highest BCUT2D eigenvalue weighted by Gasteiger charge is 2.47. The fourth-order valence-corrected chi connectivity index (χ4v) is 4.03. The number of imidazole rings is 1. The molecule has 3 heterocycles. The van der Waals surface area contributed by atoms with E-state index in [-0.39, 0.29) is 36.2 Å². The normalized spacial score (nSPS) is 20.9. The second-order valence-electron chi connectivity index (χ2n) is 8.47. The molecule has 1 amide bonds. The summed E-state index contributed by atoms with van der Waals surface area (Å²) in [5, 5.41) is 35.4. The van der Waals surface area contributed by atoms with Gasteiger partial charge in [-0.15, -0.1) is 12.4 Å². The number of aromatic nitrogens is 4. The third-order valence-electron chi connectivity index (χ3n) is 5.92. The van der Waals surface area contributed by atoms with Crippen LogP contribution in [0.1, 0.15) is 30.7 Å². The summed E-state index contributed by atoms with van der Waals surface area (Å²) in [4.78, 5) is 35.8. The van der Waals surface area contributed by atoms with Crippen LogP contribution in [0.2, 0.25) is 0 Å². The number of ether oxygens (including phenoxy) is 1. The fourth-order valence-electron chi connectivity index (χ4n) is 4.03. The zero-order valence-electron chi connectivity index (χ0n) is 20.1. The molecule has 0 bridgehead atoms. The van der Waals surface area contributed by atoms with Crippen LogP contribution in [-0.2, 0) is 27.2 Å². The highest BCUT2D eigenvalue weighted by molar-refractivity contribution is 5.85. The zero-order valence-corrected chi connectivity index (χ0v) is 20.9. The molecule has 3 aromatic rings. The third kappa shape index (κ3) is 6.25. The first-order chi connectivity index (χ1) is 17.3. The number of aliphatic hydroxyl groups is 2. The predicted molar refractivity (Wildman–Crippen MR) is 136 cm³/mol. The fraction of sp³-hybridized carbons (Fsp3) is 0.435. The van der Waals surface area contributed by atoms with Gasteiger partial charge in [0, 0.05) is 19.5 Å². The minimum atomic E-state index is -1.42. The Balaban J connectivity index is 0.00000380. The Morgan fingerprint density at radius 1 is 1.11 bits per heavy atom. The van der Waals surface area contributed by atoms with Gasteiger partial charge in [0.15, 0.2) is 23.8 Å². The van der Waals surface area contributed by atoms with Crippen molar-refractivity contribution in [2.45, 2.75) is 50.7 Å². The quantitative estimate of drug-likeness (QED) is 0.208. The number of nitrogen functional groups attached to an aromatic ring is 1. The maximum atomic E-state index is 12.2. The number of halogens is 1. The summed E-state index contributed by atoms with van der Waals surface area (Å²) in [6.45, 7) is 2.59. The van der Waals surface area contributed by atoms with Crippen LogP contribution in [0.25, 0.3) is 11.2 Å². The number of rotatable bonds is 10. The van der Waals surface area contributed by atoms with Crippen LogP contribution < -0.4 is 16.4 Å². The Bertz CT molecular complexity index is 1240. The van der Waals surface area contributed by atoms with Crippen molar-refractivity contribution in [1.29, 1.82) is 0 Å². The number of amides is 1. The minimum Gasteiger partial charge on any atom is -0.481 e. The molecule has 1 aliphatic rings. The summed E-state index contributed by atoms with van der Waals surface area (Å²) in [5.74, 6) is -0.985. The van der Waals surface area contributed by atoms with Crippen LogP contribution in [-0.4, -0.2) is 78.1 Å². The molecule has 0 saturated carbocycles. The van der Waals surface area contributed by atoms with Gasteiger partial charge in [0.05, 0.1) is 6.33 Å². The summed E-state index contributed by atoms with van der Waals surface area (Å²) in [6.07, 6.45) is -2.56. The SMILES string of the molecule is CCNC(=O)[C@@H]1O[C@H](n2cnc3c(N)nc(NCCc4ccc(CCC(=O)O)cc4)nc32)[C@@H](O)[C@H]1O.Cl. The van der Waals surface area contributed by atoms with E-state index in [2.05, 4.69) is 25.6 Å². The van der Waals surface area contributed by atoms with Crippen molar-refractivity contribution in [2.75, 3.05) is 24.1 Å². The molecule has 1 saturated heterocycles. The van der Waals surface area contributed by atoms with Crippen molar-refractivity contribution in [3.05, 3.63) is 41.7 Å². The Kier molecular flexibility index (Phi) is 9.21. The second-order valence-corrected chi connectivity index (χ2v) is 8.47. The molecule has 0 radical (unpaired) electrons. The molecular formula is C23H30ClN7O6. The predicted octanol–water partition coefficient (Wildman–Crippen LogP) is 0.257. The second kappa shape index (κ2) is 12.1. The maximum absolute atomic E-state index is 12.2. The number of anilines is 2. The summed E-state index contributed by atoms with van der Waals surface area (Å²) >= 11 is 0. The first-order valence-corrected chi connectivity index (χ1v) is 11.6. The lowest BCUT2D eigenvalue weighted by Gasteiger charge is -2.16. The molecule has 37 heavy (non-hydrogen) atoms. The lowest BCUT2D eigenvalue weighted by Crippen LogP contribution is -2.42. The molecule has 0 spiro atoms. The van der Waals surface area contributed by atoms with Gasteiger partial charge in [-0.1, -0.05) is 24.3 Å². The number of aliphatic hydroxyl groups excluding tert-OH is 2. The van der Waals surface area contributed by atoms with Crippen LogP contribution >= 0.6 is 12.4 Å². The number of likely N-dealkylation sites (N-methyl/N-ethyl adjacent to an activating group) is 1. The number of nitrogens with one attached hydrogen (secondary N) is 2. The van der Waals surface area contributed by atoms with E-state index in [1.54, 1.807) is 6.92 Å². The van der Waals surface area contributed by atoms with Gasteiger partial charge in [-0.3, -0.25) is 14.2 Å². The number of aliphatic carboxylic acids is 1. The van der Waals surface area contributed by atoms with Crippen molar-refractivity contribution < 1.29 is 29.6 Å². The van der Waals surface area contributed by atoms with Crippen LogP contribution in [0.3, 0.4) is 0 Å². The number of carboxylic acid groups (broad SMARTS) is 1. The lowest BCUT2D eigenvalue weighted by molar-refractivity contribution is -0.138. The van der Waals surface area contributed by atoms with Gasteiger partial charge in [0.25, 0.3) is 5.91 Å². The van der Waals surface area contributed by atoms with Crippen LogP contribution in [0, 0.1) is 0 Å². The van der Waals surface area contributed by atoms with E-state index >= 15 is 0 Å². The molecule has 0 aliphatic carbocycles. The van der Waals surface area contributed by atoms with Crippen LogP contribution in [0.15, 0.2) is 30.6 Å². The van der Waals surface area contributed by atoms with Crippen molar-refractivity contribution in [3.8, 4) is 0 Å². The minimum absolute atomic E-state index is 0. The van der Waals surface area contributed by atoms with Crippen LogP contribution in [0.4, 0.5) is 11.8 Å². The summed E-state index contributed by atoms with van der Waals surface area (Å²) < 4.78 is 7.09. The highest BCUT2D eigenvalue weighted by Crippen LogP contribution is 2.32. The molecule has 1 aliphatic heterocycles. The lowest BCUT2D eigenvalue weighted by atomic mass is 10.1. The van der Waals surface area contributed by atoms with E-state index < -0.39 is 36.4 Å². The number of aryl methyl sites for hydroxylation is 1. The topological polar surface area (TPSA) is 198 Å². The van der Waals surface area contributed by atoms with E-state index in [0.717, 1.165) is 11.1 Å². The van der Waals surface area contributed by atoms with E-state index in [0.29, 0.717) is 31.4 Å². The van der Waals surface area contributed by atoms with Crippen molar-refractivity contribution in [2.24, 2.45) is 0 Å². The Morgan fingerprint density at radius 2 is 1.78 bits per heavy atom. The average Bonchev–Trinajstić information content (AvgIpc) is 3.40. The van der Waals surface area contributed by atoms with Gasteiger partial charge >= 0.3 is 5.97 Å². The monoisotopic (exact) mass is 535 g/mol. The van der Waals surface area contributed by atoms with Gasteiger partial charge in [-0.05, 0) is 30.9 Å². The Labute approximate surface area is 218 Å². The smallest absolute Gasteiger partial charge is 0.303 e. The van der Waals surface area contributed by atoms with Crippen molar-refractivity contribution in [3.63, 3.8) is 0 Å². The number of carbonyl (C=O) groups excluding carboxylic acids is 1. The summed E-state index contributed by atoms with van der Waals surface area (Å²) in [7, 11) is 0. The molecular weight excluding hydrogens is 506 g/mol. The molecule has 1 aromatic carbocycles. The number of nitrogens with zero attached hydrogens (tertiary/aromatic N) is 4. The zero-order chi connectivity index (χ0) is 25.8. The van der Waals surface area contributed by atoms with Gasteiger partial charge in [0.2, 0.25) is 5.95 Å². The van der Waals surface area contributed by atoms with Crippen molar-refractivity contribution >= 4 is 47.2 Å². The van der Waals surface area contributed by atoms with Gasteiger partial charge in [-0.25, -0.2) is 4.98 Å². The third-order valence-corrected chi connectivity index (χ3v) is 5.92. The molecule has 1 fully saturated rings. The number of carboxylic acids is 1. The molecule has 2 aromatic heterocycles. The largest absolute Gasteiger partial charge is 0.481 e. The van der Waals surface area contributed by atoms with Gasteiger partial charge in [0.1, 0.15) is 17.7 Å². The highest BCUT2D eigenvalue weighted by atomic mass is 35.5. The molecule has 7 N–H and O–H groups in total. The molecule has 200 valence electrons. The van der Waals surface area contributed by atoms with E-state index in [4.69, 9.17) is 15.6 Å². The van der Waals surface area contributed by atoms with E-state index in [9.17, 15) is 19.8 Å². The van der Waals surface area contributed by atoms with Crippen molar-refractivity contribution in [1.82, 2.24) is 24.8 Å². The number of nitrogens with two attached hydrogens (primary N) is 1. The number of benzene rings is 1. The van der Waals surface area contributed by atoms with Gasteiger partial charge in [-0.2, -0.15) is 9.97 Å². The number of hydrogen-bond acceptors (Lipinski definition) is 10. The molecule has 13 nitrogen and oxygen atoms in total. The first kappa shape index (κ1) is 28.1. The summed E-state index contributed by atoms with van der Waals surface area (Å²) in [5.41, 5.74) is 8.65. The maximum Gasteiger partial charge on any atom is 0.303 e. The van der Waals surface area contributed by atoms with E-state index in [1.807, 2.05) is 24.3 Å². The molecule has 4 rings (SSSR count). The Hall–Kier alpha value is -3.52. The number of carbonyl (C=O) groups is 2. The standard InChI is InChI=1S/C23H29N7O6.ClH/c1-2-25-21(35)18-16(33)17(34)22(36-18)30-11-27-15-19(24)28-23(29-20(15)30)26-10-9-13-5-3-12(4-6-13)7-8-14(31)32;/h3-6,11,16-18,22,33-34H,2,7-10H2,1H3,(H,25,35)(H,31,32)(H3,24,26,28,29);1H/t16-,17+,18-,22+;/m1./s1. The molecule has 4 atom stereocenters. The van der Waals surface area contributed by atoms with E-state index in [1.165, 1.54) is 10.9 Å². The number of hydrogen-bond donors (Lipinski definition) is 6. The van der Waals surface area contributed by atoms with Crippen LogP contribution in [0.5, 0.6) is 0 Å². The molecule has 14 heteroatoms. The first-order valence-electron chi connectivity index (χ1n) is 11.6. The summed E-state index contributed by atoms with van der Waals surface area (Å²) in [6, 6.07) is 7.71. The molecule has 0 unspecified atom stereocenters.